The fourth-order valence-electron chi connectivity index (χ4n) is 18.9. The van der Waals surface area contributed by atoms with E-state index in [1.165, 1.54) is 66.7 Å². The number of piperidine rings is 6. The molecule has 24 nitrogen and oxygen atoms in total. The molecule has 24 heteroatoms. The molecule has 6 saturated heterocycles. The smallest absolute Gasteiger partial charge is 0.161 e. The van der Waals surface area contributed by atoms with Gasteiger partial charge in [-0.05, 0) is 324 Å². The quantitative estimate of drug-likeness (QED) is 0.0392. The van der Waals surface area contributed by atoms with Crippen molar-refractivity contribution in [2.45, 2.75) is 291 Å². The summed E-state index contributed by atoms with van der Waals surface area (Å²) in [7, 11) is 2.27. The number of methoxy groups -OCH3 is 12. The van der Waals surface area contributed by atoms with Crippen molar-refractivity contribution in [2.75, 3.05) is 164 Å². The lowest BCUT2D eigenvalue weighted by Crippen LogP contribution is -2.48. The van der Waals surface area contributed by atoms with Gasteiger partial charge in [-0.25, -0.2) is 0 Å². The Hall–Kier alpha value is -7.56. The highest BCUT2D eigenvalue weighted by Gasteiger charge is 2.47. The summed E-state index contributed by atoms with van der Waals surface area (Å²) >= 11 is 0. The number of nitrogens with zero attached hydrogens (tertiary/aromatic N) is 6. The van der Waals surface area contributed by atoms with E-state index in [2.05, 4.69) is 0 Å². The Bertz CT molecular complexity index is 8170. The van der Waals surface area contributed by atoms with E-state index >= 15 is 0 Å². The third-order valence-electron chi connectivity index (χ3n) is 25.1. The highest BCUT2D eigenvalue weighted by Crippen LogP contribution is 2.53. The monoisotopic (exact) mass is 2030 g/mol. The van der Waals surface area contributed by atoms with Crippen molar-refractivity contribution in [3.05, 3.63) is 139 Å². The number of hydrogen-bond acceptors (Lipinski definition) is 24. The van der Waals surface area contributed by atoms with Crippen LogP contribution in [0.3, 0.4) is 0 Å². The number of rotatable bonds is 21. The summed E-state index contributed by atoms with van der Waals surface area (Å²) in [6.07, 6.45) is -47.5. The van der Waals surface area contributed by atoms with Gasteiger partial charge >= 0.3 is 0 Å². The Morgan fingerprint density at radius 3 is 0.596 bits per heavy atom. The highest BCUT2D eigenvalue weighted by molar-refractivity contribution is 5.55. The molecular formula is C117H180N6O18. The van der Waals surface area contributed by atoms with Crippen LogP contribution in [0.4, 0.5) is 0 Å². The van der Waals surface area contributed by atoms with Gasteiger partial charge in [-0.1, -0.05) is 103 Å². The first-order valence-corrected chi connectivity index (χ1v) is 46.4. The molecule has 18 atom stereocenters. The molecule has 0 aromatic heterocycles. The molecule has 6 aromatic carbocycles. The van der Waals surface area contributed by atoms with Gasteiger partial charge in [-0.3, -0.25) is 29.4 Å². The molecule has 12 aliphatic rings. The Morgan fingerprint density at radius 1 is 0.284 bits per heavy atom. The standard InChI is InChI=1S/3C20H31NO3.3C19H29NO3/c3*1-20(2,3)11-14-12-21-7-6-13-8-18(23-4)19(24-5)9-15(13)16(21)10-17(14)22;3*1-12(2)7-14-11-20-6-5-13-8-18(22-3)19(23-4)9-15(13)16(20)10-17(14)21/h3*8-9,14,16-17,22H,6-7,10-12H2,1-5H3;3*8-9,12,14,16-17,21H,5-7,10-11H2,1-4H3/i1D3,2D3,5D3,8D,9D,10D2,11D2,14D,17D;2*1D3,2D3,8D,9D,10D2,11D2,14D,17D;2*4D3,8D,9D,10D2,14D,17D;8D,9D,10D2,14D,17D. The summed E-state index contributed by atoms with van der Waals surface area (Å²) < 4.78 is 637. The lowest BCUT2D eigenvalue weighted by molar-refractivity contribution is -0.0259. The minimum Gasteiger partial charge on any atom is -0.493 e. The van der Waals surface area contributed by atoms with Gasteiger partial charge in [0.15, 0.2) is 69.0 Å². The van der Waals surface area contributed by atoms with Crippen LogP contribution in [0.5, 0.6) is 69.0 Å². The molecule has 0 radical (unpaired) electrons. The number of fused-ring (bicyclic) bond motifs is 18. The maximum absolute atomic E-state index is 11.4. The zero-order valence-electron chi connectivity index (χ0n) is 152. The van der Waals surface area contributed by atoms with Crippen LogP contribution in [-0.2, 0) is 38.5 Å². The van der Waals surface area contributed by atoms with Crippen molar-refractivity contribution in [3.63, 3.8) is 0 Å². The molecule has 0 aliphatic carbocycles. The van der Waals surface area contributed by atoms with Gasteiger partial charge in [0.25, 0.3) is 0 Å². The Balaban J connectivity index is 0.000000202. The lowest BCUT2D eigenvalue weighted by Gasteiger charge is -2.47. The molecule has 0 bridgehead atoms. The van der Waals surface area contributed by atoms with Crippen LogP contribution in [0, 0.1) is 69.4 Å². The van der Waals surface area contributed by atoms with Crippen LogP contribution >= 0.6 is 0 Å². The van der Waals surface area contributed by atoms with Crippen LogP contribution < -0.4 is 56.8 Å². The summed E-state index contributed by atoms with van der Waals surface area (Å²) in [5.74, 6) is -18.6. The molecule has 12 aliphatic heterocycles. The molecule has 141 heavy (non-hydrogen) atoms. The Labute approximate surface area is 943 Å². The van der Waals surface area contributed by atoms with Gasteiger partial charge < -0.3 is 87.5 Å². The molecular weight excluding hydrogens is 1780 g/mol. The lowest BCUT2D eigenvalue weighted by atomic mass is 9.75. The zero-order chi connectivity index (χ0) is 162. The average Bonchev–Trinajstić information content (AvgIpc) is 0.666. The third-order valence-corrected chi connectivity index (χ3v) is 25.1. The van der Waals surface area contributed by atoms with E-state index in [4.69, 9.17) is 151 Å². The number of hydrogen-bond donors (Lipinski definition) is 6. The zero-order valence-corrected chi connectivity index (χ0v) is 82.8. The average molecular weight is 2030 g/mol. The Morgan fingerprint density at radius 2 is 0.440 bits per heavy atom. The first-order valence-electron chi connectivity index (χ1n) is 80.9. The molecule has 12 heterocycles. The first kappa shape index (κ1) is 50.9. The second-order valence-electron chi connectivity index (χ2n) is 37.4. The van der Waals surface area contributed by atoms with Gasteiger partial charge in [0.05, 0.1) is 159 Å². The van der Waals surface area contributed by atoms with Crippen molar-refractivity contribution < 1.29 is 182 Å². The van der Waals surface area contributed by atoms with E-state index in [0.717, 1.165) is 12.0 Å². The fourth-order valence-corrected chi connectivity index (χ4v) is 18.9. The van der Waals surface area contributed by atoms with Crippen molar-refractivity contribution in [1.29, 1.82) is 0 Å². The van der Waals surface area contributed by atoms with Gasteiger partial charge in [0.1, 0.15) is 0 Å². The largest absolute Gasteiger partial charge is 0.493 e. The highest BCUT2D eigenvalue weighted by atomic mass is 16.5. The van der Waals surface area contributed by atoms with Gasteiger partial charge in [0.2, 0.25) is 0 Å². The second kappa shape index (κ2) is 48.4. The predicted molar refractivity (Wildman–Crippen MR) is 561 cm³/mol. The summed E-state index contributed by atoms with van der Waals surface area (Å²) in [4.78, 5) is 8.43. The molecule has 18 unspecified atom stereocenters. The van der Waals surface area contributed by atoms with Crippen LogP contribution in [0.25, 0.3) is 0 Å². The summed E-state index contributed by atoms with van der Waals surface area (Å²) in [6.45, 7) is -11.3. The van der Waals surface area contributed by atoms with Crippen LogP contribution in [0.15, 0.2) is 72.5 Å². The van der Waals surface area contributed by atoms with Crippen LogP contribution in [-0.4, -0.2) is 260 Å². The van der Waals surface area contributed by atoms with E-state index in [1.54, 1.807) is 14.7 Å². The third kappa shape index (κ3) is 26.9. The Kier molecular flexibility index (Phi) is 17.5. The normalized spacial score (nSPS) is 44.1. The summed E-state index contributed by atoms with van der Waals surface area (Å²) in [5, 5.41) is 67.5. The van der Waals surface area contributed by atoms with Crippen molar-refractivity contribution in [3.8, 4) is 69.0 Å². The van der Waals surface area contributed by atoms with E-state index < -0.39 is 311 Å². The van der Waals surface area contributed by atoms with Gasteiger partial charge in [-0.2, -0.15) is 0 Å². The summed E-state index contributed by atoms with van der Waals surface area (Å²) in [6, 6.07) is -12.7. The predicted octanol–water partition coefficient (Wildman–Crippen LogP) is 19.3. The second-order valence-corrected chi connectivity index (χ2v) is 37.4. The minimum absolute atomic E-state index is 0.000907. The van der Waals surface area contributed by atoms with E-state index in [9.17, 15) is 30.6 Å². The molecule has 6 fully saturated rings. The maximum Gasteiger partial charge on any atom is 0.161 e. The molecule has 6 aromatic rings. The van der Waals surface area contributed by atoms with Gasteiger partial charge in [-0.15, -0.1) is 0 Å². The van der Waals surface area contributed by atoms with E-state index in [-0.39, 0.29) is 277 Å². The number of benzene rings is 6. The molecule has 0 saturated carbocycles. The van der Waals surface area contributed by atoms with Crippen molar-refractivity contribution in [2.24, 2.45) is 69.4 Å². The SMILES string of the molecule is [2H]c1c2c(c([2H])c(OC([2H])([2H])[2H])c1OC)C1N(CC2)CC([2H])(C([2H])([2H])C(C)(C([2H])([2H])[2H])C([2H])([2H])[2H])C([2H])(O)C1([2H])[2H].[2H]c1c2c(c([2H])c(OC([2H])([2H])[2H])c1OC)C1N(CC2)CC([2H])(CC(C)C)C([2H])(O)C1([2H])[2H].[2H]c1c2c(c([2H])c(OC([2H])([2H])[2H])c1OC)C1N(CC2)CC([2H])(CC(C)C)C([2H])(O)C1([2H])[2H].[2H]c1c2c(c([2H])c(OC)c1OC)C1N(CC2)CC([2H])(C([2H])([2H])C(C)(C([2H])([2H])[2H])C([2H])([2H])[2H])C([2H])(O)C1([2H])[2H].[2H]c1c2c(c([2H])c(OC)c1OC)C1N(CC2)CC([2H])(C([2H])([2H])C(C)(C([2H])([2H])[2H])C([2H])([2H])[2H])C([2H])(O)C1([2H])[2H].[2H]c1c2c(c([2H])c(OC)c1OC)C1N(CC2)CC([2H])(CC(C)C)C([2H])(O)C1([2H])[2H]. The first-order chi connectivity index (χ1) is 94.2. The maximum atomic E-state index is 11.4. The fraction of sp³-hybridized carbons (Fsp3) is 0.692. The van der Waals surface area contributed by atoms with Crippen LogP contribution in [0.1, 0.15) is 378 Å². The number of aliphatic hydroxyl groups is 6. The molecule has 786 valence electrons. The minimum atomic E-state index is -3.85. The van der Waals surface area contributed by atoms with E-state index in [0.29, 0.717) is 39.3 Å². The van der Waals surface area contributed by atoms with Crippen molar-refractivity contribution >= 4 is 0 Å². The topological polar surface area (TPSA) is 252 Å². The molecule has 18 rings (SSSR count). The molecule has 6 N–H and O–H groups in total. The van der Waals surface area contributed by atoms with Crippen molar-refractivity contribution in [1.82, 2.24) is 29.4 Å². The molecule has 0 spiro atoms. The summed E-state index contributed by atoms with van der Waals surface area (Å²) in [5.41, 5.74) is -8.91. The number of ether oxygens (including phenoxy) is 12. The van der Waals surface area contributed by atoms with Gasteiger partial charge in [0, 0.05) is 172 Å². The molecule has 0 amide bonds. The van der Waals surface area contributed by atoms with E-state index in [1.807, 2.05) is 41.5 Å². The van der Waals surface area contributed by atoms with Crippen LogP contribution in [0.2, 0.25) is 0 Å².